The van der Waals surface area contributed by atoms with Crippen LogP contribution >= 0.6 is 0 Å². The zero-order valence-electron chi connectivity index (χ0n) is 13.8. The van der Waals surface area contributed by atoms with Gasteiger partial charge in [-0.2, -0.15) is 0 Å². The summed E-state index contributed by atoms with van der Waals surface area (Å²) in [6, 6.07) is 7.85. The van der Waals surface area contributed by atoms with Crippen LogP contribution < -0.4 is 10.5 Å². The van der Waals surface area contributed by atoms with Crippen LogP contribution in [0.3, 0.4) is 0 Å². The number of ether oxygens (including phenoxy) is 1. The summed E-state index contributed by atoms with van der Waals surface area (Å²) in [6.45, 7) is 3.94. The number of piperidine rings is 1. The molecule has 6 nitrogen and oxygen atoms in total. The van der Waals surface area contributed by atoms with Gasteiger partial charge in [-0.15, -0.1) is 0 Å². The molecule has 126 valence electrons. The average Bonchev–Trinajstić information content (AvgIpc) is 2.57. The summed E-state index contributed by atoms with van der Waals surface area (Å²) in [5.74, 6) is 1.16. The highest BCUT2D eigenvalue weighted by Crippen LogP contribution is 2.32. The Morgan fingerprint density at radius 3 is 2.79 bits per heavy atom. The molecule has 0 aliphatic carbocycles. The number of aryl methyl sites for hydroxylation is 1. The van der Waals surface area contributed by atoms with Crippen molar-refractivity contribution >= 4 is 5.91 Å². The van der Waals surface area contributed by atoms with E-state index in [0.717, 1.165) is 37.4 Å². The van der Waals surface area contributed by atoms with E-state index < -0.39 is 0 Å². The van der Waals surface area contributed by atoms with E-state index in [2.05, 4.69) is 14.9 Å². The Kier molecular flexibility index (Phi) is 5.05. The van der Waals surface area contributed by atoms with E-state index >= 15 is 0 Å². The Hall–Kier alpha value is -2.47. The monoisotopic (exact) mass is 326 g/mol. The smallest absolute Gasteiger partial charge is 0.241 e. The van der Waals surface area contributed by atoms with Crippen molar-refractivity contribution in [2.45, 2.75) is 25.7 Å². The third kappa shape index (κ3) is 4.08. The fourth-order valence-electron chi connectivity index (χ4n) is 3.06. The Morgan fingerprint density at radius 2 is 2.04 bits per heavy atom. The minimum absolute atomic E-state index is 0.187. The minimum atomic E-state index is -0.300. The summed E-state index contributed by atoms with van der Waals surface area (Å²) in [6.07, 6.45) is 5.32. The average molecular weight is 326 g/mol. The lowest BCUT2D eigenvalue weighted by Crippen LogP contribution is -2.40. The van der Waals surface area contributed by atoms with Gasteiger partial charge in [0.05, 0.1) is 6.54 Å². The number of nitrogens with two attached hydrogens (primary N) is 1. The minimum Gasteiger partial charge on any atom is -0.437 e. The van der Waals surface area contributed by atoms with Crippen LogP contribution in [0.5, 0.6) is 11.6 Å². The molecule has 1 amide bonds. The molecule has 3 rings (SSSR count). The molecule has 0 saturated carbocycles. The number of nitrogens with zero attached hydrogens (tertiary/aromatic N) is 3. The van der Waals surface area contributed by atoms with Gasteiger partial charge in [-0.25, -0.2) is 4.98 Å². The highest BCUT2D eigenvalue weighted by atomic mass is 16.5. The van der Waals surface area contributed by atoms with Gasteiger partial charge in [0.15, 0.2) is 0 Å². The fraction of sp³-hybridized carbons (Fsp3) is 0.389. The van der Waals surface area contributed by atoms with E-state index in [-0.39, 0.29) is 18.4 Å². The van der Waals surface area contributed by atoms with Crippen molar-refractivity contribution in [3.05, 3.63) is 47.9 Å². The number of likely N-dealkylation sites (tertiary alicyclic amines) is 1. The third-order valence-electron chi connectivity index (χ3n) is 4.20. The number of benzene rings is 1. The highest BCUT2D eigenvalue weighted by Gasteiger charge is 2.26. The molecule has 2 heterocycles. The van der Waals surface area contributed by atoms with Crippen molar-refractivity contribution in [1.29, 1.82) is 0 Å². The number of carbonyl (C=O) groups excluding carboxylic acids is 1. The summed E-state index contributed by atoms with van der Waals surface area (Å²) in [4.78, 5) is 22.1. The van der Waals surface area contributed by atoms with Gasteiger partial charge < -0.3 is 10.5 Å². The number of rotatable bonds is 5. The predicted molar refractivity (Wildman–Crippen MR) is 90.9 cm³/mol. The maximum Gasteiger partial charge on any atom is 0.241 e. The van der Waals surface area contributed by atoms with E-state index in [1.54, 1.807) is 12.4 Å². The number of amides is 1. The van der Waals surface area contributed by atoms with Crippen LogP contribution in [-0.4, -0.2) is 40.4 Å². The first-order valence-electron chi connectivity index (χ1n) is 8.18. The van der Waals surface area contributed by atoms with Gasteiger partial charge in [-0.3, -0.25) is 14.7 Å². The molecule has 0 unspecified atom stereocenters. The summed E-state index contributed by atoms with van der Waals surface area (Å²) >= 11 is 0. The van der Waals surface area contributed by atoms with E-state index in [0.29, 0.717) is 5.88 Å². The van der Waals surface area contributed by atoms with Crippen LogP contribution in [0.1, 0.15) is 30.0 Å². The van der Waals surface area contributed by atoms with Crippen molar-refractivity contribution in [1.82, 2.24) is 14.9 Å². The van der Waals surface area contributed by atoms with Crippen LogP contribution in [0, 0.1) is 6.92 Å². The summed E-state index contributed by atoms with van der Waals surface area (Å²) in [5.41, 5.74) is 7.34. The molecule has 24 heavy (non-hydrogen) atoms. The van der Waals surface area contributed by atoms with Crippen LogP contribution in [-0.2, 0) is 4.79 Å². The summed E-state index contributed by atoms with van der Waals surface area (Å²) < 4.78 is 5.95. The molecular formula is C18H22N4O2. The molecule has 2 N–H and O–H groups in total. The first kappa shape index (κ1) is 16.4. The molecule has 1 fully saturated rings. The molecule has 1 aliphatic heterocycles. The molecule has 0 spiro atoms. The fourth-order valence-corrected chi connectivity index (χ4v) is 3.06. The Morgan fingerprint density at radius 1 is 1.29 bits per heavy atom. The lowest BCUT2D eigenvalue weighted by molar-refractivity contribution is -0.119. The summed E-state index contributed by atoms with van der Waals surface area (Å²) in [5, 5.41) is 0. The van der Waals surface area contributed by atoms with Crippen molar-refractivity contribution in [3.63, 3.8) is 0 Å². The largest absolute Gasteiger partial charge is 0.437 e. The Bertz CT molecular complexity index is 702. The summed E-state index contributed by atoms with van der Waals surface area (Å²) in [7, 11) is 0. The van der Waals surface area contributed by atoms with Gasteiger partial charge in [0, 0.05) is 24.9 Å². The topological polar surface area (TPSA) is 81.3 Å². The quantitative estimate of drug-likeness (QED) is 0.911. The number of primary amides is 1. The van der Waals surface area contributed by atoms with E-state index in [4.69, 9.17) is 10.5 Å². The molecule has 6 heteroatoms. The highest BCUT2D eigenvalue weighted by molar-refractivity contribution is 5.75. The second-order valence-corrected chi connectivity index (χ2v) is 6.20. The normalized spacial score (nSPS) is 18.3. The molecule has 1 aromatic heterocycles. The van der Waals surface area contributed by atoms with E-state index in [9.17, 15) is 4.79 Å². The zero-order chi connectivity index (χ0) is 16.9. The van der Waals surface area contributed by atoms with Gasteiger partial charge >= 0.3 is 0 Å². The zero-order valence-corrected chi connectivity index (χ0v) is 13.8. The van der Waals surface area contributed by atoms with Crippen LogP contribution in [0.15, 0.2) is 36.7 Å². The van der Waals surface area contributed by atoms with E-state index in [1.165, 1.54) is 5.56 Å². The Labute approximate surface area is 141 Å². The standard InChI is InChI=1S/C18H22N4O2/c1-13-4-6-15(7-5-13)24-18-17(20-8-9-21-18)14-3-2-10-22(11-14)12-16(19)23/h4-9,14H,2-3,10-12H2,1H3,(H2,19,23)/t14-/m1/s1. The van der Waals surface area contributed by atoms with Gasteiger partial charge in [0.25, 0.3) is 0 Å². The molecule has 1 aromatic carbocycles. The molecule has 1 atom stereocenters. The lowest BCUT2D eigenvalue weighted by Gasteiger charge is -2.31. The molecule has 0 radical (unpaired) electrons. The Balaban J connectivity index is 1.78. The van der Waals surface area contributed by atoms with Crippen LogP contribution in [0.25, 0.3) is 0 Å². The number of carbonyl (C=O) groups is 1. The second kappa shape index (κ2) is 7.40. The van der Waals surface area contributed by atoms with Crippen molar-refractivity contribution in [2.75, 3.05) is 19.6 Å². The van der Waals surface area contributed by atoms with Crippen LogP contribution in [0.4, 0.5) is 0 Å². The molecule has 1 saturated heterocycles. The second-order valence-electron chi connectivity index (χ2n) is 6.20. The molecule has 1 aliphatic rings. The maximum atomic E-state index is 11.2. The predicted octanol–water partition coefficient (Wildman–Crippen LogP) is 2.24. The van der Waals surface area contributed by atoms with Gasteiger partial charge in [0.2, 0.25) is 11.8 Å². The molecular weight excluding hydrogens is 304 g/mol. The van der Waals surface area contributed by atoms with E-state index in [1.807, 2.05) is 31.2 Å². The first-order chi connectivity index (χ1) is 11.6. The van der Waals surface area contributed by atoms with Gasteiger partial charge in [-0.1, -0.05) is 17.7 Å². The van der Waals surface area contributed by atoms with Crippen molar-refractivity contribution < 1.29 is 9.53 Å². The van der Waals surface area contributed by atoms with Crippen molar-refractivity contribution in [2.24, 2.45) is 5.73 Å². The van der Waals surface area contributed by atoms with Crippen molar-refractivity contribution in [3.8, 4) is 11.6 Å². The van der Waals surface area contributed by atoms with Crippen LogP contribution in [0.2, 0.25) is 0 Å². The van der Waals surface area contributed by atoms with Gasteiger partial charge in [0.1, 0.15) is 11.4 Å². The number of hydrogen-bond acceptors (Lipinski definition) is 5. The first-order valence-corrected chi connectivity index (χ1v) is 8.18. The number of aromatic nitrogens is 2. The lowest BCUT2D eigenvalue weighted by atomic mass is 9.94. The SMILES string of the molecule is Cc1ccc(Oc2nccnc2[C@@H]2CCCN(CC(N)=O)C2)cc1. The molecule has 2 aromatic rings. The number of hydrogen-bond donors (Lipinski definition) is 1. The van der Waals surface area contributed by atoms with Gasteiger partial charge in [-0.05, 0) is 38.4 Å². The third-order valence-corrected chi connectivity index (χ3v) is 4.20. The maximum absolute atomic E-state index is 11.2. The molecule has 0 bridgehead atoms.